The van der Waals surface area contributed by atoms with Crippen LogP contribution in [0.5, 0.6) is 5.75 Å². The number of amides is 1. The molecular formula is C21H16FNO3. The Bertz CT molecular complexity index is 1120. The molecule has 5 heteroatoms. The molecule has 0 bridgehead atoms. The average Bonchev–Trinajstić information content (AvgIpc) is 3.01. The summed E-state index contributed by atoms with van der Waals surface area (Å²) in [5.74, 6) is -0.152. The van der Waals surface area contributed by atoms with E-state index in [-0.39, 0.29) is 18.3 Å². The van der Waals surface area contributed by atoms with E-state index in [4.69, 9.17) is 9.15 Å². The summed E-state index contributed by atoms with van der Waals surface area (Å²) in [7, 11) is 0. The molecule has 0 saturated carbocycles. The van der Waals surface area contributed by atoms with E-state index in [1.165, 1.54) is 6.07 Å². The molecule has 0 spiro atoms. The minimum Gasteiger partial charge on any atom is -0.484 e. The van der Waals surface area contributed by atoms with Gasteiger partial charge in [0.25, 0.3) is 5.91 Å². The lowest BCUT2D eigenvalue weighted by atomic mass is 10.1. The van der Waals surface area contributed by atoms with Gasteiger partial charge in [0.1, 0.15) is 22.7 Å². The van der Waals surface area contributed by atoms with Gasteiger partial charge in [0.15, 0.2) is 6.61 Å². The van der Waals surface area contributed by atoms with Crippen molar-refractivity contribution in [1.29, 1.82) is 0 Å². The second-order valence-electron chi connectivity index (χ2n) is 6.06. The van der Waals surface area contributed by atoms with Crippen molar-refractivity contribution in [3.05, 3.63) is 72.0 Å². The number of ether oxygens (including phenoxy) is 1. The second-order valence-corrected chi connectivity index (χ2v) is 6.06. The zero-order chi connectivity index (χ0) is 18.1. The Hall–Kier alpha value is -3.34. The molecule has 0 aliphatic rings. The summed E-state index contributed by atoms with van der Waals surface area (Å²) in [4.78, 5) is 12.0. The van der Waals surface area contributed by atoms with Crippen LogP contribution in [0.15, 0.2) is 65.1 Å². The predicted molar refractivity (Wildman–Crippen MR) is 99.0 cm³/mol. The minimum absolute atomic E-state index is 0.170. The maximum absolute atomic E-state index is 13.5. The third-order valence-electron chi connectivity index (χ3n) is 4.17. The number of nitrogens with one attached hydrogen (secondary N) is 1. The quantitative estimate of drug-likeness (QED) is 0.561. The number of hydrogen-bond donors (Lipinski definition) is 1. The number of fused-ring (bicyclic) bond motifs is 3. The molecule has 0 unspecified atom stereocenters. The highest BCUT2D eigenvalue weighted by molar-refractivity contribution is 6.05. The zero-order valence-electron chi connectivity index (χ0n) is 14.1. The predicted octanol–water partition coefficient (Wildman–Crippen LogP) is 5.05. The number of benzene rings is 3. The first-order valence-electron chi connectivity index (χ1n) is 8.20. The molecule has 0 aliphatic heterocycles. The third-order valence-corrected chi connectivity index (χ3v) is 4.17. The number of aryl methyl sites for hydroxylation is 1. The van der Waals surface area contributed by atoms with Crippen molar-refractivity contribution in [2.75, 3.05) is 11.9 Å². The monoisotopic (exact) mass is 349 g/mol. The highest BCUT2D eigenvalue weighted by Crippen LogP contribution is 2.31. The number of furan rings is 1. The fourth-order valence-electron chi connectivity index (χ4n) is 2.81. The molecule has 3 aromatic carbocycles. The Morgan fingerprint density at radius 2 is 1.85 bits per heavy atom. The lowest BCUT2D eigenvalue weighted by molar-refractivity contribution is -0.118. The van der Waals surface area contributed by atoms with E-state index >= 15 is 0 Å². The molecule has 1 amide bonds. The van der Waals surface area contributed by atoms with E-state index in [0.717, 1.165) is 21.9 Å². The van der Waals surface area contributed by atoms with Crippen LogP contribution in [0.25, 0.3) is 21.9 Å². The first kappa shape index (κ1) is 16.1. The van der Waals surface area contributed by atoms with Gasteiger partial charge in [-0.05, 0) is 48.9 Å². The Morgan fingerprint density at radius 1 is 1.04 bits per heavy atom. The highest BCUT2D eigenvalue weighted by Gasteiger charge is 2.09. The lowest BCUT2D eigenvalue weighted by Crippen LogP contribution is -2.20. The van der Waals surface area contributed by atoms with Crippen LogP contribution in [-0.4, -0.2) is 12.5 Å². The molecular weight excluding hydrogens is 333 g/mol. The molecule has 0 radical (unpaired) electrons. The number of halogens is 1. The summed E-state index contributed by atoms with van der Waals surface area (Å²) < 4.78 is 24.9. The molecule has 4 rings (SSSR count). The van der Waals surface area contributed by atoms with Crippen molar-refractivity contribution in [1.82, 2.24) is 0 Å². The number of carbonyl (C=O) groups is 1. The zero-order valence-corrected chi connectivity index (χ0v) is 14.1. The summed E-state index contributed by atoms with van der Waals surface area (Å²) in [6.45, 7) is 1.50. The van der Waals surface area contributed by atoms with Gasteiger partial charge in [-0.2, -0.15) is 0 Å². The van der Waals surface area contributed by atoms with Crippen LogP contribution in [0, 0.1) is 12.7 Å². The van der Waals surface area contributed by atoms with Gasteiger partial charge in [-0.3, -0.25) is 4.79 Å². The fourth-order valence-corrected chi connectivity index (χ4v) is 2.81. The van der Waals surface area contributed by atoms with Crippen LogP contribution in [-0.2, 0) is 4.79 Å². The van der Waals surface area contributed by atoms with Crippen molar-refractivity contribution >= 4 is 33.5 Å². The lowest BCUT2D eigenvalue weighted by Gasteiger charge is -2.08. The molecule has 1 heterocycles. The smallest absolute Gasteiger partial charge is 0.262 e. The van der Waals surface area contributed by atoms with Gasteiger partial charge < -0.3 is 14.5 Å². The average molecular weight is 349 g/mol. The summed E-state index contributed by atoms with van der Waals surface area (Å²) >= 11 is 0. The Labute approximate surface area is 149 Å². The van der Waals surface area contributed by atoms with Crippen LogP contribution < -0.4 is 10.1 Å². The van der Waals surface area contributed by atoms with Gasteiger partial charge in [-0.1, -0.05) is 24.3 Å². The number of hydrogen-bond acceptors (Lipinski definition) is 3. The molecule has 4 aromatic rings. The molecule has 0 fully saturated rings. The molecule has 4 nitrogen and oxygen atoms in total. The normalized spacial score (nSPS) is 11.0. The molecule has 130 valence electrons. The van der Waals surface area contributed by atoms with Gasteiger partial charge in [0, 0.05) is 16.5 Å². The topological polar surface area (TPSA) is 51.5 Å². The highest BCUT2D eigenvalue weighted by atomic mass is 19.1. The second kappa shape index (κ2) is 6.52. The van der Waals surface area contributed by atoms with Crippen molar-refractivity contribution in [3.63, 3.8) is 0 Å². The van der Waals surface area contributed by atoms with Gasteiger partial charge in [-0.15, -0.1) is 0 Å². The number of rotatable bonds is 4. The van der Waals surface area contributed by atoms with Crippen LogP contribution in [0.3, 0.4) is 0 Å². The summed E-state index contributed by atoms with van der Waals surface area (Å²) in [5.41, 5.74) is 2.50. The summed E-state index contributed by atoms with van der Waals surface area (Å²) in [6.07, 6.45) is 0. The SMILES string of the molecule is Cc1ccc(NC(=O)COc2ccc3oc4ccccc4c3c2)cc1F. The molecule has 26 heavy (non-hydrogen) atoms. The van der Waals surface area contributed by atoms with Crippen LogP contribution in [0.2, 0.25) is 0 Å². The van der Waals surface area contributed by atoms with Gasteiger partial charge in [-0.25, -0.2) is 4.39 Å². The standard InChI is InChI=1S/C21H16FNO3/c1-13-6-7-14(10-18(13)22)23-21(24)12-25-15-8-9-20-17(11-15)16-4-2-3-5-19(16)26-20/h2-11H,12H2,1H3,(H,23,24). The molecule has 0 saturated heterocycles. The Balaban J connectivity index is 1.47. The minimum atomic E-state index is -0.360. The van der Waals surface area contributed by atoms with Crippen molar-refractivity contribution in [2.24, 2.45) is 0 Å². The maximum Gasteiger partial charge on any atom is 0.262 e. The van der Waals surface area contributed by atoms with E-state index in [2.05, 4.69) is 5.32 Å². The first-order chi connectivity index (χ1) is 12.6. The third kappa shape index (κ3) is 3.11. The number of para-hydroxylation sites is 1. The van der Waals surface area contributed by atoms with Crippen LogP contribution in [0.4, 0.5) is 10.1 Å². The van der Waals surface area contributed by atoms with Crippen LogP contribution in [0.1, 0.15) is 5.56 Å². The van der Waals surface area contributed by atoms with E-state index in [9.17, 15) is 9.18 Å². The van der Waals surface area contributed by atoms with Gasteiger partial charge >= 0.3 is 0 Å². The summed E-state index contributed by atoms with van der Waals surface area (Å²) in [5, 5.41) is 4.54. The van der Waals surface area contributed by atoms with Gasteiger partial charge in [0.05, 0.1) is 0 Å². The maximum atomic E-state index is 13.5. The Morgan fingerprint density at radius 3 is 2.69 bits per heavy atom. The largest absolute Gasteiger partial charge is 0.484 e. The van der Waals surface area contributed by atoms with Crippen molar-refractivity contribution in [2.45, 2.75) is 6.92 Å². The Kier molecular flexibility index (Phi) is 4.05. The van der Waals surface area contributed by atoms with Crippen molar-refractivity contribution in [3.8, 4) is 5.75 Å². The van der Waals surface area contributed by atoms with Gasteiger partial charge in [0.2, 0.25) is 0 Å². The molecule has 1 N–H and O–H groups in total. The summed E-state index contributed by atoms with van der Waals surface area (Å²) in [6, 6.07) is 17.7. The molecule has 1 aromatic heterocycles. The van der Waals surface area contributed by atoms with E-state index in [0.29, 0.717) is 17.0 Å². The fraction of sp³-hybridized carbons (Fsp3) is 0.0952. The molecule has 0 atom stereocenters. The molecule has 0 aliphatic carbocycles. The number of carbonyl (C=O) groups excluding carboxylic acids is 1. The van der Waals surface area contributed by atoms with Crippen LogP contribution >= 0.6 is 0 Å². The van der Waals surface area contributed by atoms with E-state index < -0.39 is 0 Å². The first-order valence-corrected chi connectivity index (χ1v) is 8.20. The van der Waals surface area contributed by atoms with Crippen molar-refractivity contribution < 1.29 is 18.3 Å². The van der Waals surface area contributed by atoms with E-state index in [1.807, 2.05) is 36.4 Å². The number of anilines is 1. The van der Waals surface area contributed by atoms with E-state index in [1.54, 1.807) is 25.1 Å².